The van der Waals surface area contributed by atoms with E-state index in [4.69, 9.17) is 10.5 Å². The van der Waals surface area contributed by atoms with Gasteiger partial charge in [-0.1, -0.05) is 0 Å². The van der Waals surface area contributed by atoms with Crippen LogP contribution in [0.1, 0.15) is 40.0 Å². The third kappa shape index (κ3) is 4.33. The first kappa shape index (κ1) is 16.1. The number of hydrogen-bond acceptors (Lipinski definition) is 4. The predicted molar refractivity (Wildman–Crippen MR) is 79.7 cm³/mol. The van der Waals surface area contributed by atoms with Crippen molar-refractivity contribution >= 4 is 12.0 Å². The van der Waals surface area contributed by atoms with E-state index in [0.717, 1.165) is 45.4 Å². The SMILES string of the molecule is CC(C)(C)OC(=O)N1CCC(N2CC[C@@H](C(N)=O)C2)CC1. The van der Waals surface area contributed by atoms with Crippen molar-refractivity contribution in [3.8, 4) is 0 Å². The molecule has 120 valence electrons. The van der Waals surface area contributed by atoms with Crippen LogP contribution in [0, 0.1) is 5.92 Å². The maximum Gasteiger partial charge on any atom is 0.410 e. The summed E-state index contributed by atoms with van der Waals surface area (Å²) in [4.78, 5) is 27.4. The Bertz CT molecular complexity index is 397. The van der Waals surface area contributed by atoms with Gasteiger partial charge in [-0.05, 0) is 46.6 Å². The maximum absolute atomic E-state index is 12.0. The van der Waals surface area contributed by atoms with Crippen LogP contribution in [0.4, 0.5) is 4.79 Å². The molecule has 6 heteroatoms. The minimum atomic E-state index is -0.447. The van der Waals surface area contributed by atoms with Gasteiger partial charge < -0.3 is 15.4 Å². The van der Waals surface area contributed by atoms with Gasteiger partial charge in [0.2, 0.25) is 5.91 Å². The molecule has 2 rings (SSSR count). The van der Waals surface area contributed by atoms with Gasteiger partial charge in [0.25, 0.3) is 0 Å². The average molecular weight is 297 g/mol. The zero-order valence-electron chi connectivity index (χ0n) is 13.3. The number of carbonyl (C=O) groups excluding carboxylic acids is 2. The summed E-state index contributed by atoms with van der Waals surface area (Å²) in [5, 5.41) is 0. The predicted octanol–water partition coefficient (Wildman–Crippen LogP) is 1.19. The minimum Gasteiger partial charge on any atom is -0.444 e. The van der Waals surface area contributed by atoms with Gasteiger partial charge in [0.05, 0.1) is 5.92 Å². The molecule has 2 N–H and O–H groups in total. The molecule has 0 spiro atoms. The number of nitrogens with two attached hydrogens (primary N) is 1. The Morgan fingerprint density at radius 1 is 1.10 bits per heavy atom. The first-order valence-corrected chi connectivity index (χ1v) is 7.77. The number of amides is 2. The van der Waals surface area contributed by atoms with Gasteiger partial charge >= 0.3 is 6.09 Å². The van der Waals surface area contributed by atoms with E-state index in [1.165, 1.54) is 0 Å². The van der Waals surface area contributed by atoms with E-state index in [2.05, 4.69) is 4.90 Å². The zero-order chi connectivity index (χ0) is 15.6. The summed E-state index contributed by atoms with van der Waals surface area (Å²) < 4.78 is 5.40. The van der Waals surface area contributed by atoms with Crippen molar-refractivity contribution < 1.29 is 14.3 Å². The normalized spacial score (nSPS) is 25.1. The molecular weight excluding hydrogens is 270 g/mol. The van der Waals surface area contributed by atoms with E-state index in [9.17, 15) is 9.59 Å². The number of ether oxygens (including phenoxy) is 1. The lowest BCUT2D eigenvalue weighted by Crippen LogP contribution is -2.47. The van der Waals surface area contributed by atoms with Crippen molar-refractivity contribution in [3.63, 3.8) is 0 Å². The van der Waals surface area contributed by atoms with Crippen molar-refractivity contribution in [1.29, 1.82) is 0 Å². The minimum absolute atomic E-state index is 0.00566. The smallest absolute Gasteiger partial charge is 0.410 e. The molecule has 6 nitrogen and oxygen atoms in total. The molecule has 2 saturated heterocycles. The molecule has 2 fully saturated rings. The molecular formula is C15H27N3O3. The fraction of sp³-hybridized carbons (Fsp3) is 0.867. The van der Waals surface area contributed by atoms with Crippen molar-refractivity contribution in [3.05, 3.63) is 0 Å². The van der Waals surface area contributed by atoms with E-state index < -0.39 is 5.60 Å². The number of piperidine rings is 1. The summed E-state index contributed by atoms with van der Waals surface area (Å²) in [6, 6.07) is 0.452. The molecule has 0 aliphatic carbocycles. The van der Waals surface area contributed by atoms with Gasteiger partial charge in [0.15, 0.2) is 0 Å². The van der Waals surface area contributed by atoms with E-state index in [1.54, 1.807) is 4.90 Å². The summed E-state index contributed by atoms with van der Waals surface area (Å²) in [6.45, 7) is 8.79. The summed E-state index contributed by atoms with van der Waals surface area (Å²) in [5.41, 5.74) is 4.93. The van der Waals surface area contributed by atoms with E-state index in [0.29, 0.717) is 6.04 Å². The molecule has 0 aromatic heterocycles. The standard InChI is InChI=1S/C15H27N3O3/c1-15(2,3)21-14(20)17-8-5-12(6-9-17)18-7-4-11(10-18)13(16)19/h11-12H,4-10H2,1-3H3,(H2,16,19)/t11-/m1/s1. The van der Waals surface area contributed by atoms with Crippen LogP contribution in [-0.4, -0.2) is 59.6 Å². The fourth-order valence-electron chi connectivity index (χ4n) is 3.09. The van der Waals surface area contributed by atoms with Crippen LogP contribution in [-0.2, 0) is 9.53 Å². The second-order valence-electron chi connectivity index (χ2n) is 7.08. The second-order valence-corrected chi connectivity index (χ2v) is 7.08. The van der Waals surface area contributed by atoms with E-state index in [-0.39, 0.29) is 17.9 Å². The average Bonchev–Trinajstić information content (AvgIpc) is 2.86. The zero-order valence-corrected chi connectivity index (χ0v) is 13.3. The molecule has 0 aromatic rings. The monoisotopic (exact) mass is 297 g/mol. The molecule has 1 atom stereocenters. The van der Waals surface area contributed by atoms with Crippen LogP contribution in [0.15, 0.2) is 0 Å². The summed E-state index contributed by atoms with van der Waals surface area (Å²) in [5.74, 6) is -0.197. The lowest BCUT2D eigenvalue weighted by molar-refractivity contribution is -0.121. The number of likely N-dealkylation sites (tertiary alicyclic amines) is 2. The number of rotatable bonds is 2. The van der Waals surface area contributed by atoms with Crippen LogP contribution in [0.2, 0.25) is 0 Å². The Morgan fingerprint density at radius 2 is 1.71 bits per heavy atom. The van der Waals surface area contributed by atoms with Crippen molar-refractivity contribution in [2.75, 3.05) is 26.2 Å². The molecule has 0 unspecified atom stereocenters. The lowest BCUT2D eigenvalue weighted by atomic mass is 10.0. The quantitative estimate of drug-likeness (QED) is 0.831. The van der Waals surface area contributed by atoms with Crippen molar-refractivity contribution in [2.24, 2.45) is 11.7 Å². The van der Waals surface area contributed by atoms with E-state index in [1.807, 2.05) is 20.8 Å². The van der Waals surface area contributed by atoms with Crippen LogP contribution < -0.4 is 5.73 Å². The molecule has 0 saturated carbocycles. The highest BCUT2D eigenvalue weighted by Gasteiger charge is 2.34. The highest BCUT2D eigenvalue weighted by Crippen LogP contribution is 2.25. The molecule has 2 aliphatic heterocycles. The van der Waals surface area contributed by atoms with Gasteiger partial charge in [-0.15, -0.1) is 0 Å². The number of primary amides is 1. The Labute approximate surface area is 126 Å². The Balaban J connectivity index is 1.79. The highest BCUT2D eigenvalue weighted by atomic mass is 16.6. The van der Waals surface area contributed by atoms with Gasteiger partial charge in [-0.3, -0.25) is 9.69 Å². The summed E-state index contributed by atoms with van der Waals surface area (Å²) in [7, 11) is 0. The van der Waals surface area contributed by atoms with Crippen LogP contribution in [0.3, 0.4) is 0 Å². The third-order valence-electron chi connectivity index (χ3n) is 4.25. The molecule has 2 aliphatic rings. The second kappa shape index (κ2) is 6.22. The van der Waals surface area contributed by atoms with Gasteiger partial charge in [0.1, 0.15) is 5.60 Å². The molecule has 0 aromatic carbocycles. The molecule has 2 heterocycles. The van der Waals surface area contributed by atoms with Gasteiger partial charge in [-0.2, -0.15) is 0 Å². The number of carbonyl (C=O) groups is 2. The molecule has 21 heavy (non-hydrogen) atoms. The Kier molecular flexibility index (Phi) is 4.76. The summed E-state index contributed by atoms with van der Waals surface area (Å²) in [6.07, 6.45) is 2.51. The van der Waals surface area contributed by atoms with Gasteiger partial charge in [-0.25, -0.2) is 4.79 Å². The Hall–Kier alpha value is -1.30. The largest absolute Gasteiger partial charge is 0.444 e. The van der Waals surface area contributed by atoms with Crippen LogP contribution >= 0.6 is 0 Å². The summed E-state index contributed by atoms with van der Waals surface area (Å²) >= 11 is 0. The highest BCUT2D eigenvalue weighted by molar-refractivity contribution is 5.77. The van der Waals surface area contributed by atoms with E-state index >= 15 is 0 Å². The molecule has 2 amide bonds. The van der Waals surface area contributed by atoms with Gasteiger partial charge in [0, 0.05) is 25.7 Å². The van der Waals surface area contributed by atoms with Crippen molar-refractivity contribution in [2.45, 2.75) is 51.7 Å². The maximum atomic E-state index is 12.0. The first-order valence-electron chi connectivity index (χ1n) is 7.77. The first-order chi connectivity index (χ1) is 9.76. The van der Waals surface area contributed by atoms with Crippen molar-refractivity contribution in [1.82, 2.24) is 9.80 Å². The fourth-order valence-corrected chi connectivity index (χ4v) is 3.09. The molecule has 0 bridgehead atoms. The Morgan fingerprint density at radius 3 is 2.19 bits per heavy atom. The van der Waals surface area contributed by atoms with Crippen LogP contribution in [0.5, 0.6) is 0 Å². The third-order valence-corrected chi connectivity index (χ3v) is 4.25. The topological polar surface area (TPSA) is 75.9 Å². The number of nitrogens with zero attached hydrogens (tertiary/aromatic N) is 2. The van der Waals surface area contributed by atoms with Crippen LogP contribution in [0.25, 0.3) is 0 Å². The number of hydrogen-bond donors (Lipinski definition) is 1. The molecule has 0 radical (unpaired) electrons. The lowest BCUT2D eigenvalue weighted by Gasteiger charge is -2.37.